The fourth-order valence-electron chi connectivity index (χ4n) is 1.82. The molecule has 2 heterocycles. The number of carbonyl (C=O) groups is 1. The summed E-state index contributed by atoms with van der Waals surface area (Å²) in [6.07, 6.45) is 3.34. The first kappa shape index (κ1) is 15.6. The van der Waals surface area contributed by atoms with Gasteiger partial charge in [0.25, 0.3) is 0 Å². The molecule has 0 aromatic carbocycles. The van der Waals surface area contributed by atoms with Crippen LogP contribution >= 0.6 is 43.2 Å². The summed E-state index contributed by atoms with van der Waals surface area (Å²) in [6.45, 7) is 2.05. The molecule has 1 amide bonds. The molecule has 106 valence electrons. The van der Waals surface area contributed by atoms with E-state index in [1.807, 2.05) is 18.2 Å². The van der Waals surface area contributed by atoms with Gasteiger partial charge in [-0.25, -0.2) is 9.97 Å². The Labute approximate surface area is 138 Å². The topological polar surface area (TPSA) is 54.9 Å². The van der Waals surface area contributed by atoms with Crippen LogP contribution in [0.25, 0.3) is 0 Å². The molecule has 1 unspecified atom stereocenters. The van der Waals surface area contributed by atoms with Gasteiger partial charge in [-0.1, -0.05) is 30.7 Å². The van der Waals surface area contributed by atoms with Gasteiger partial charge in [-0.2, -0.15) is 0 Å². The minimum Gasteiger partial charge on any atom is -0.301 e. The monoisotopic (exact) mass is 417 g/mol. The second-order valence-corrected chi connectivity index (χ2v) is 7.41. The summed E-state index contributed by atoms with van der Waals surface area (Å²) in [6, 6.07) is 5.62. The third kappa shape index (κ3) is 4.10. The molecule has 4 nitrogen and oxygen atoms in total. The molecule has 0 spiro atoms. The highest BCUT2D eigenvalue weighted by Crippen LogP contribution is 2.26. The molecule has 1 atom stereocenters. The molecule has 0 aliphatic carbocycles. The lowest BCUT2D eigenvalue weighted by molar-refractivity contribution is -0.117. The summed E-state index contributed by atoms with van der Waals surface area (Å²) in [4.78, 5) is 20.9. The Bertz CT molecular complexity index is 603. The van der Waals surface area contributed by atoms with Crippen molar-refractivity contribution in [3.63, 3.8) is 0 Å². The molecule has 0 fully saturated rings. The van der Waals surface area contributed by atoms with Crippen molar-refractivity contribution < 1.29 is 4.79 Å². The van der Waals surface area contributed by atoms with Crippen molar-refractivity contribution in [2.45, 2.75) is 25.7 Å². The fraction of sp³-hybridized carbons (Fsp3) is 0.308. The first-order chi connectivity index (χ1) is 9.60. The molecular formula is C13H13Br2N3OS. The quantitative estimate of drug-likeness (QED) is 0.722. The zero-order valence-corrected chi connectivity index (χ0v) is 14.8. The van der Waals surface area contributed by atoms with Crippen LogP contribution in [-0.4, -0.2) is 15.9 Å². The Morgan fingerprint density at radius 2 is 2.25 bits per heavy atom. The van der Waals surface area contributed by atoms with E-state index in [4.69, 9.17) is 0 Å². The van der Waals surface area contributed by atoms with Crippen molar-refractivity contribution >= 4 is 54.2 Å². The lowest BCUT2D eigenvalue weighted by Crippen LogP contribution is -2.22. The van der Waals surface area contributed by atoms with E-state index in [0.29, 0.717) is 5.13 Å². The van der Waals surface area contributed by atoms with Crippen LogP contribution in [0.4, 0.5) is 5.13 Å². The minimum atomic E-state index is -0.264. The highest BCUT2D eigenvalue weighted by atomic mass is 79.9. The average molecular weight is 419 g/mol. The van der Waals surface area contributed by atoms with Gasteiger partial charge in [0, 0.05) is 0 Å². The van der Waals surface area contributed by atoms with E-state index in [9.17, 15) is 4.79 Å². The second kappa shape index (κ2) is 7.28. The number of nitrogens with zero attached hydrogens (tertiary/aromatic N) is 2. The van der Waals surface area contributed by atoms with E-state index in [1.54, 1.807) is 6.20 Å². The van der Waals surface area contributed by atoms with Gasteiger partial charge >= 0.3 is 0 Å². The number of hydrogen-bond donors (Lipinski definition) is 1. The smallest absolute Gasteiger partial charge is 0.235 e. The summed E-state index contributed by atoms with van der Waals surface area (Å²) in [5, 5.41) is 3.44. The SMILES string of the molecule is CCCC(C(=O)Nc1ncc(Br)s1)c1cccc(Br)n1. The van der Waals surface area contributed by atoms with Crippen LogP contribution in [0.3, 0.4) is 0 Å². The van der Waals surface area contributed by atoms with Gasteiger partial charge in [0.15, 0.2) is 5.13 Å². The lowest BCUT2D eigenvalue weighted by Gasteiger charge is -2.14. The zero-order chi connectivity index (χ0) is 14.5. The number of anilines is 1. The van der Waals surface area contributed by atoms with Crippen LogP contribution in [0.5, 0.6) is 0 Å². The largest absolute Gasteiger partial charge is 0.301 e. The standard InChI is InChI=1S/C13H13Br2N3OS/c1-2-4-8(9-5-3-6-10(14)17-9)12(19)18-13-16-7-11(15)20-13/h3,5-8H,2,4H2,1H3,(H,16,18,19). The fourth-order valence-corrected chi connectivity index (χ4v) is 3.29. The number of amides is 1. The number of thiazole rings is 1. The Kier molecular flexibility index (Phi) is 5.68. The normalized spacial score (nSPS) is 12.2. The molecule has 20 heavy (non-hydrogen) atoms. The first-order valence-electron chi connectivity index (χ1n) is 6.14. The molecule has 0 saturated carbocycles. The summed E-state index contributed by atoms with van der Waals surface area (Å²) < 4.78 is 1.63. The number of hydrogen-bond acceptors (Lipinski definition) is 4. The van der Waals surface area contributed by atoms with E-state index >= 15 is 0 Å². The lowest BCUT2D eigenvalue weighted by atomic mass is 9.98. The maximum atomic E-state index is 12.4. The van der Waals surface area contributed by atoms with Crippen molar-refractivity contribution in [2.24, 2.45) is 0 Å². The van der Waals surface area contributed by atoms with Crippen molar-refractivity contribution in [2.75, 3.05) is 5.32 Å². The van der Waals surface area contributed by atoms with Crippen molar-refractivity contribution in [3.05, 3.63) is 38.5 Å². The van der Waals surface area contributed by atoms with E-state index < -0.39 is 0 Å². The molecule has 2 aromatic rings. The van der Waals surface area contributed by atoms with Crippen molar-refractivity contribution in [1.29, 1.82) is 0 Å². The zero-order valence-electron chi connectivity index (χ0n) is 10.8. The second-order valence-electron chi connectivity index (χ2n) is 4.19. The maximum absolute atomic E-state index is 12.4. The summed E-state index contributed by atoms with van der Waals surface area (Å²) in [5.41, 5.74) is 0.773. The third-order valence-corrected chi connectivity index (χ3v) is 4.53. The van der Waals surface area contributed by atoms with Crippen LogP contribution in [0.1, 0.15) is 31.4 Å². The molecular weight excluding hydrogens is 406 g/mol. The van der Waals surface area contributed by atoms with Crippen LogP contribution in [-0.2, 0) is 4.79 Å². The molecule has 1 N–H and O–H groups in total. The minimum absolute atomic E-state index is 0.0701. The van der Waals surface area contributed by atoms with Gasteiger partial charge in [-0.05, 0) is 50.4 Å². The van der Waals surface area contributed by atoms with Gasteiger partial charge < -0.3 is 5.32 Å². The van der Waals surface area contributed by atoms with Crippen LogP contribution in [0, 0.1) is 0 Å². The summed E-state index contributed by atoms with van der Waals surface area (Å²) >= 11 is 8.07. The Balaban J connectivity index is 2.17. The van der Waals surface area contributed by atoms with Gasteiger partial charge in [0.2, 0.25) is 5.91 Å². The molecule has 0 radical (unpaired) electrons. The molecule has 0 aliphatic rings. The van der Waals surface area contributed by atoms with E-state index in [1.165, 1.54) is 11.3 Å². The van der Waals surface area contributed by atoms with E-state index in [0.717, 1.165) is 26.9 Å². The summed E-state index contributed by atoms with van der Waals surface area (Å²) in [5.74, 6) is -0.334. The number of rotatable bonds is 5. The maximum Gasteiger partial charge on any atom is 0.235 e. The molecule has 0 saturated heterocycles. The highest BCUT2D eigenvalue weighted by Gasteiger charge is 2.22. The van der Waals surface area contributed by atoms with Crippen molar-refractivity contribution in [1.82, 2.24) is 9.97 Å². The number of pyridine rings is 1. The van der Waals surface area contributed by atoms with Gasteiger partial charge in [0.1, 0.15) is 4.60 Å². The molecule has 2 rings (SSSR count). The van der Waals surface area contributed by atoms with Crippen LogP contribution in [0.2, 0.25) is 0 Å². The number of carbonyl (C=O) groups excluding carboxylic acids is 1. The Hall–Kier alpha value is -0.790. The number of nitrogens with one attached hydrogen (secondary N) is 1. The first-order valence-corrected chi connectivity index (χ1v) is 8.55. The van der Waals surface area contributed by atoms with E-state index in [2.05, 4.69) is 54.1 Å². The number of aromatic nitrogens is 2. The van der Waals surface area contributed by atoms with Crippen LogP contribution in [0.15, 0.2) is 32.8 Å². The van der Waals surface area contributed by atoms with Gasteiger partial charge in [-0.3, -0.25) is 4.79 Å². The third-order valence-electron chi connectivity index (χ3n) is 2.70. The van der Waals surface area contributed by atoms with Gasteiger partial charge in [-0.15, -0.1) is 0 Å². The Morgan fingerprint density at radius 1 is 1.45 bits per heavy atom. The predicted molar refractivity (Wildman–Crippen MR) is 88.0 cm³/mol. The molecule has 0 aliphatic heterocycles. The summed E-state index contributed by atoms with van der Waals surface area (Å²) in [7, 11) is 0. The van der Waals surface area contributed by atoms with Crippen LogP contribution < -0.4 is 5.32 Å². The number of halogens is 2. The highest BCUT2D eigenvalue weighted by molar-refractivity contribution is 9.11. The predicted octanol–water partition coefficient (Wildman–Crippen LogP) is 4.59. The Morgan fingerprint density at radius 3 is 2.85 bits per heavy atom. The average Bonchev–Trinajstić information content (AvgIpc) is 2.81. The van der Waals surface area contributed by atoms with Gasteiger partial charge in [0.05, 0.1) is 21.6 Å². The van der Waals surface area contributed by atoms with E-state index in [-0.39, 0.29) is 11.8 Å². The molecule has 0 bridgehead atoms. The molecule has 7 heteroatoms. The molecule has 2 aromatic heterocycles. The van der Waals surface area contributed by atoms with Crippen molar-refractivity contribution in [3.8, 4) is 0 Å².